The van der Waals surface area contributed by atoms with Crippen molar-refractivity contribution in [2.45, 2.75) is 64.8 Å². The van der Waals surface area contributed by atoms with Crippen LogP contribution in [0.1, 0.15) is 58.4 Å². The highest BCUT2D eigenvalue weighted by atomic mass is 16.6. The molecule has 0 N–H and O–H groups in total. The normalized spacial score (nSPS) is 16.1. The van der Waals surface area contributed by atoms with Crippen molar-refractivity contribution in [1.29, 1.82) is 0 Å². The van der Waals surface area contributed by atoms with Crippen molar-refractivity contribution in [1.82, 2.24) is 19.6 Å². The Bertz CT molecular complexity index is 964. The van der Waals surface area contributed by atoms with Crippen LogP contribution in [0, 0.1) is 0 Å². The first-order chi connectivity index (χ1) is 17.7. The van der Waals surface area contributed by atoms with Crippen LogP contribution in [0.25, 0.3) is 11.1 Å². The zero-order chi connectivity index (χ0) is 26.8. The van der Waals surface area contributed by atoms with Gasteiger partial charge in [-0.05, 0) is 64.8 Å². The lowest BCUT2D eigenvalue weighted by Crippen LogP contribution is -2.38. The van der Waals surface area contributed by atoms with Gasteiger partial charge in [-0.3, -0.25) is 4.90 Å². The molecule has 1 aromatic heterocycles. The molecule has 1 aliphatic heterocycles. The second-order valence-corrected chi connectivity index (χ2v) is 10.6. The van der Waals surface area contributed by atoms with E-state index in [0.717, 1.165) is 54.9 Å². The van der Waals surface area contributed by atoms with Crippen molar-refractivity contribution in [3.05, 3.63) is 36.2 Å². The Morgan fingerprint density at radius 2 is 1.89 bits per heavy atom. The maximum absolute atomic E-state index is 12.3. The Kier molecular flexibility index (Phi) is 10.8. The molecule has 1 atom stereocenters. The Labute approximate surface area is 221 Å². The molecular formula is C28H44N4O5. The van der Waals surface area contributed by atoms with E-state index in [0.29, 0.717) is 32.8 Å². The lowest BCUT2D eigenvalue weighted by Gasteiger charge is -2.26. The van der Waals surface area contributed by atoms with Crippen molar-refractivity contribution in [3.8, 4) is 16.9 Å². The number of ether oxygens (including phenoxy) is 4. The lowest BCUT2D eigenvalue weighted by molar-refractivity contribution is -0.0397. The van der Waals surface area contributed by atoms with Gasteiger partial charge in [0.05, 0.1) is 12.3 Å². The van der Waals surface area contributed by atoms with Gasteiger partial charge in [-0.15, -0.1) is 0 Å². The summed E-state index contributed by atoms with van der Waals surface area (Å²) in [5.74, 6) is 0.840. The number of benzene rings is 1. The fourth-order valence-electron chi connectivity index (χ4n) is 4.08. The van der Waals surface area contributed by atoms with Gasteiger partial charge in [-0.25, -0.2) is 9.48 Å². The Balaban J connectivity index is 1.69. The van der Waals surface area contributed by atoms with E-state index in [1.807, 2.05) is 44.6 Å². The molecule has 1 unspecified atom stereocenters. The minimum absolute atomic E-state index is 0.0340. The van der Waals surface area contributed by atoms with Crippen molar-refractivity contribution in [2.24, 2.45) is 0 Å². The summed E-state index contributed by atoms with van der Waals surface area (Å²) >= 11 is 0. The van der Waals surface area contributed by atoms with Gasteiger partial charge >= 0.3 is 6.09 Å². The molecule has 0 radical (unpaired) electrons. The van der Waals surface area contributed by atoms with E-state index in [1.165, 1.54) is 0 Å². The molecule has 1 saturated heterocycles. The highest BCUT2D eigenvalue weighted by Gasteiger charge is 2.22. The largest absolute Gasteiger partial charge is 0.494 e. The summed E-state index contributed by atoms with van der Waals surface area (Å²) < 4.78 is 24.4. The van der Waals surface area contributed by atoms with E-state index >= 15 is 0 Å². The molecule has 37 heavy (non-hydrogen) atoms. The fourth-order valence-corrected chi connectivity index (χ4v) is 4.08. The van der Waals surface area contributed by atoms with Crippen LogP contribution in [-0.2, 0) is 20.8 Å². The van der Waals surface area contributed by atoms with E-state index in [4.69, 9.17) is 24.0 Å². The second kappa shape index (κ2) is 13.8. The van der Waals surface area contributed by atoms with Crippen LogP contribution in [0.15, 0.2) is 30.5 Å². The summed E-state index contributed by atoms with van der Waals surface area (Å²) in [6, 6.07) is 8.16. The van der Waals surface area contributed by atoms with Gasteiger partial charge in [0.2, 0.25) is 0 Å². The zero-order valence-electron chi connectivity index (χ0n) is 23.4. The summed E-state index contributed by atoms with van der Waals surface area (Å²) in [7, 11) is 5.50. The number of likely N-dealkylation sites (N-methyl/N-ethyl adjacent to an activating group) is 2. The van der Waals surface area contributed by atoms with Crippen LogP contribution in [0.3, 0.4) is 0 Å². The molecular weight excluding hydrogens is 472 g/mol. The van der Waals surface area contributed by atoms with Gasteiger partial charge in [-0.2, -0.15) is 5.10 Å². The minimum atomic E-state index is -0.509. The number of nitrogens with zero attached hydrogens (tertiary/aromatic N) is 4. The Morgan fingerprint density at radius 3 is 2.54 bits per heavy atom. The number of rotatable bonds is 12. The first-order valence-corrected chi connectivity index (χ1v) is 13.2. The number of methoxy groups -OCH3 is 1. The maximum Gasteiger partial charge on any atom is 0.410 e. The van der Waals surface area contributed by atoms with Crippen molar-refractivity contribution in [2.75, 3.05) is 54.1 Å². The molecule has 2 heterocycles. The number of carbonyl (C=O) groups excluding carboxylic acids is 1. The molecule has 0 aliphatic carbocycles. The number of aromatic nitrogens is 2. The van der Waals surface area contributed by atoms with Gasteiger partial charge in [0.15, 0.2) is 0 Å². The van der Waals surface area contributed by atoms with E-state index < -0.39 is 5.60 Å². The van der Waals surface area contributed by atoms with Gasteiger partial charge in [0.25, 0.3) is 0 Å². The van der Waals surface area contributed by atoms with Crippen molar-refractivity contribution < 1.29 is 23.7 Å². The first-order valence-electron chi connectivity index (χ1n) is 13.2. The molecule has 0 saturated carbocycles. The lowest BCUT2D eigenvalue weighted by atomic mass is 10.1. The topological polar surface area (TPSA) is 78.3 Å². The predicted octanol–water partition coefficient (Wildman–Crippen LogP) is 4.96. The molecule has 1 aromatic carbocycles. The first kappa shape index (κ1) is 28.9. The zero-order valence-corrected chi connectivity index (χ0v) is 23.4. The molecule has 1 amide bonds. The summed E-state index contributed by atoms with van der Waals surface area (Å²) in [6.45, 7) is 9.59. The molecule has 0 bridgehead atoms. The summed E-state index contributed by atoms with van der Waals surface area (Å²) in [6.07, 6.45) is 5.80. The van der Waals surface area contributed by atoms with Crippen LogP contribution >= 0.6 is 0 Å². The molecule has 9 nitrogen and oxygen atoms in total. The molecule has 206 valence electrons. The second-order valence-electron chi connectivity index (χ2n) is 10.6. The van der Waals surface area contributed by atoms with Crippen molar-refractivity contribution in [3.63, 3.8) is 0 Å². The van der Waals surface area contributed by atoms with E-state index in [9.17, 15) is 4.79 Å². The average Bonchev–Trinajstić information content (AvgIpc) is 3.28. The number of amides is 1. The third-order valence-corrected chi connectivity index (χ3v) is 6.13. The third-order valence-electron chi connectivity index (χ3n) is 6.13. The van der Waals surface area contributed by atoms with Gasteiger partial charge in [0, 0.05) is 65.2 Å². The molecule has 3 rings (SSSR count). The SMILES string of the molecule is COCCCOc1ccc(-c2cn(C3CCCCO3)nc2CN(C)CCN(C)C(=O)OC(C)(C)C)cc1. The summed E-state index contributed by atoms with van der Waals surface area (Å²) in [5, 5.41) is 4.95. The van der Waals surface area contributed by atoms with E-state index in [-0.39, 0.29) is 12.3 Å². The summed E-state index contributed by atoms with van der Waals surface area (Å²) in [4.78, 5) is 16.1. The van der Waals surface area contributed by atoms with Crippen LogP contribution in [0.5, 0.6) is 5.75 Å². The Hall–Kier alpha value is -2.62. The highest BCUT2D eigenvalue weighted by molar-refractivity contribution is 5.67. The fraction of sp³-hybridized carbons (Fsp3) is 0.643. The standard InChI is InChI=1S/C28H44N4O5/c1-28(2,3)37-27(33)31(5)16-15-30(4)21-25-24(20-32(29-25)26-10-7-8-18-36-26)22-11-13-23(14-12-22)35-19-9-17-34-6/h11-14,20,26H,7-10,15-19,21H2,1-6H3. The van der Waals surface area contributed by atoms with E-state index in [2.05, 4.69) is 23.2 Å². The number of hydrogen-bond acceptors (Lipinski definition) is 7. The van der Waals surface area contributed by atoms with Gasteiger partial charge in [0.1, 0.15) is 17.6 Å². The third kappa shape index (κ3) is 9.32. The molecule has 0 spiro atoms. The number of carbonyl (C=O) groups is 1. The van der Waals surface area contributed by atoms with Crippen molar-refractivity contribution >= 4 is 6.09 Å². The Morgan fingerprint density at radius 1 is 1.14 bits per heavy atom. The monoisotopic (exact) mass is 516 g/mol. The van der Waals surface area contributed by atoms with Crippen LogP contribution in [0.4, 0.5) is 4.79 Å². The van der Waals surface area contributed by atoms with Crippen LogP contribution in [0.2, 0.25) is 0 Å². The summed E-state index contributed by atoms with van der Waals surface area (Å²) in [5.41, 5.74) is 2.63. The average molecular weight is 517 g/mol. The molecule has 1 aliphatic rings. The quantitative estimate of drug-likeness (QED) is 0.369. The minimum Gasteiger partial charge on any atom is -0.494 e. The highest BCUT2D eigenvalue weighted by Crippen LogP contribution is 2.30. The smallest absolute Gasteiger partial charge is 0.410 e. The number of hydrogen-bond donors (Lipinski definition) is 0. The van der Waals surface area contributed by atoms with Crippen LogP contribution < -0.4 is 4.74 Å². The maximum atomic E-state index is 12.3. The predicted molar refractivity (Wildman–Crippen MR) is 144 cm³/mol. The van der Waals surface area contributed by atoms with E-state index in [1.54, 1.807) is 19.1 Å². The molecule has 1 fully saturated rings. The van der Waals surface area contributed by atoms with Crippen LogP contribution in [-0.4, -0.2) is 85.4 Å². The molecule has 9 heteroatoms. The molecule has 2 aromatic rings. The van der Waals surface area contributed by atoms with Gasteiger partial charge < -0.3 is 23.8 Å². The van der Waals surface area contributed by atoms with Gasteiger partial charge in [-0.1, -0.05) is 12.1 Å².